The van der Waals surface area contributed by atoms with E-state index < -0.39 is 0 Å². The number of hydrogen-bond donors (Lipinski definition) is 1. The third-order valence-electron chi connectivity index (χ3n) is 3.16. The van der Waals surface area contributed by atoms with Gasteiger partial charge in [0.05, 0.1) is 5.56 Å². The van der Waals surface area contributed by atoms with Gasteiger partial charge >= 0.3 is 0 Å². The molecule has 0 aliphatic carbocycles. The smallest absolute Gasteiger partial charge is 0.129 e. The highest BCUT2D eigenvalue weighted by molar-refractivity contribution is 5.86. The molecule has 0 bridgehead atoms. The summed E-state index contributed by atoms with van der Waals surface area (Å²) in [4.78, 5) is 0. The van der Waals surface area contributed by atoms with Gasteiger partial charge in [-0.15, -0.1) is 0 Å². The van der Waals surface area contributed by atoms with Gasteiger partial charge in [-0.1, -0.05) is 12.1 Å². The molecule has 2 N–H and O–H groups in total. The second kappa shape index (κ2) is 4.48. The maximum absolute atomic E-state index is 13.4. The summed E-state index contributed by atoms with van der Waals surface area (Å²) >= 11 is 0. The fourth-order valence-corrected chi connectivity index (χ4v) is 2.19. The Balaban J connectivity index is 2.24. The van der Waals surface area contributed by atoms with Crippen molar-refractivity contribution < 1.29 is 4.39 Å². The van der Waals surface area contributed by atoms with Crippen LogP contribution < -0.4 is 5.73 Å². The van der Waals surface area contributed by atoms with Crippen molar-refractivity contribution in [1.82, 2.24) is 19.6 Å². The Hall–Kier alpha value is -2.63. The first kappa shape index (κ1) is 12.4. The predicted molar refractivity (Wildman–Crippen MR) is 75.2 cm³/mol. The number of rotatable bonds is 2. The Labute approximate surface area is 115 Å². The van der Waals surface area contributed by atoms with Gasteiger partial charge in [0.1, 0.15) is 23.0 Å². The molecule has 0 aliphatic rings. The number of aryl methyl sites for hydroxylation is 2. The van der Waals surface area contributed by atoms with Crippen LogP contribution in [-0.2, 0) is 14.1 Å². The summed E-state index contributed by atoms with van der Waals surface area (Å²) in [7, 11) is 3.59. The Bertz CT molecular complexity index is 772. The molecule has 0 spiro atoms. The van der Waals surface area contributed by atoms with E-state index in [0.717, 1.165) is 0 Å². The molecule has 6 heteroatoms. The lowest BCUT2D eigenvalue weighted by Gasteiger charge is -2.03. The molecule has 0 aliphatic heterocycles. The minimum absolute atomic E-state index is 0.308. The number of halogens is 1. The van der Waals surface area contributed by atoms with Crippen molar-refractivity contribution in [3.8, 4) is 22.5 Å². The van der Waals surface area contributed by atoms with Crippen molar-refractivity contribution in [2.24, 2.45) is 14.1 Å². The molecule has 102 valence electrons. The Morgan fingerprint density at radius 1 is 1.15 bits per heavy atom. The second-order valence-electron chi connectivity index (χ2n) is 4.62. The van der Waals surface area contributed by atoms with Crippen molar-refractivity contribution >= 4 is 5.82 Å². The lowest BCUT2D eigenvalue weighted by atomic mass is 10.0. The predicted octanol–water partition coefficient (Wildman–Crippen LogP) is 2.21. The van der Waals surface area contributed by atoms with Crippen molar-refractivity contribution in [2.75, 3.05) is 5.73 Å². The summed E-state index contributed by atoms with van der Waals surface area (Å²) in [6, 6.07) is 8.16. The van der Waals surface area contributed by atoms with Gasteiger partial charge < -0.3 is 5.73 Å². The van der Waals surface area contributed by atoms with E-state index in [1.54, 1.807) is 22.5 Å². The molecule has 2 aromatic heterocycles. The maximum Gasteiger partial charge on any atom is 0.129 e. The summed E-state index contributed by atoms with van der Waals surface area (Å²) in [5, 5.41) is 8.73. The number of nitrogen functional groups attached to an aromatic ring is 1. The Kier molecular flexibility index (Phi) is 2.78. The first-order chi connectivity index (χ1) is 9.56. The largest absolute Gasteiger partial charge is 0.383 e. The second-order valence-corrected chi connectivity index (χ2v) is 4.62. The minimum Gasteiger partial charge on any atom is -0.383 e. The van der Waals surface area contributed by atoms with Crippen LogP contribution >= 0.6 is 0 Å². The fraction of sp³-hybridized carbons (Fsp3) is 0.143. The van der Waals surface area contributed by atoms with Gasteiger partial charge in [-0.05, 0) is 23.8 Å². The van der Waals surface area contributed by atoms with Crippen LogP contribution in [0.25, 0.3) is 22.5 Å². The zero-order valence-electron chi connectivity index (χ0n) is 11.2. The molecule has 3 rings (SSSR count). The Morgan fingerprint density at radius 3 is 2.60 bits per heavy atom. The van der Waals surface area contributed by atoms with Gasteiger partial charge in [0, 0.05) is 20.3 Å². The van der Waals surface area contributed by atoms with E-state index in [1.165, 1.54) is 12.1 Å². The van der Waals surface area contributed by atoms with E-state index in [1.807, 2.05) is 25.4 Å². The number of hydrogen-bond acceptors (Lipinski definition) is 3. The van der Waals surface area contributed by atoms with Gasteiger partial charge in [-0.2, -0.15) is 10.2 Å². The van der Waals surface area contributed by atoms with Crippen LogP contribution in [0, 0.1) is 5.82 Å². The van der Waals surface area contributed by atoms with Crippen LogP contribution in [0.5, 0.6) is 0 Å². The molecule has 2 heterocycles. The summed E-state index contributed by atoms with van der Waals surface area (Å²) in [5.74, 6) is 0.175. The molecule has 1 aromatic carbocycles. The molecule has 20 heavy (non-hydrogen) atoms. The highest BCUT2D eigenvalue weighted by atomic mass is 19.1. The van der Waals surface area contributed by atoms with E-state index in [4.69, 9.17) is 5.73 Å². The van der Waals surface area contributed by atoms with E-state index >= 15 is 0 Å². The molecule has 0 unspecified atom stereocenters. The number of benzene rings is 1. The summed E-state index contributed by atoms with van der Waals surface area (Å²) in [5.41, 5.74) is 8.82. The van der Waals surface area contributed by atoms with Gasteiger partial charge in [0.2, 0.25) is 0 Å². The lowest BCUT2D eigenvalue weighted by molar-refractivity contribution is 0.628. The van der Waals surface area contributed by atoms with Crippen molar-refractivity contribution in [2.45, 2.75) is 0 Å². The van der Waals surface area contributed by atoms with Crippen molar-refractivity contribution in [3.63, 3.8) is 0 Å². The van der Waals surface area contributed by atoms with Gasteiger partial charge in [0.25, 0.3) is 0 Å². The van der Waals surface area contributed by atoms with Crippen LogP contribution in [0.2, 0.25) is 0 Å². The van der Waals surface area contributed by atoms with E-state index in [0.29, 0.717) is 28.3 Å². The summed E-state index contributed by atoms with van der Waals surface area (Å²) in [6.07, 6.45) is 1.83. The van der Waals surface area contributed by atoms with Gasteiger partial charge in [-0.25, -0.2) is 4.39 Å². The maximum atomic E-state index is 13.4. The summed E-state index contributed by atoms with van der Waals surface area (Å²) < 4.78 is 16.7. The summed E-state index contributed by atoms with van der Waals surface area (Å²) in [6.45, 7) is 0. The number of aromatic nitrogens is 4. The zero-order valence-corrected chi connectivity index (χ0v) is 11.2. The average molecular weight is 271 g/mol. The third kappa shape index (κ3) is 1.95. The average Bonchev–Trinajstić information content (AvgIpc) is 2.95. The molecule has 0 radical (unpaired) electrons. The van der Waals surface area contributed by atoms with Crippen molar-refractivity contribution in [3.05, 3.63) is 42.3 Å². The fourth-order valence-electron chi connectivity index (χ4n) is 2.19. The lowest BCUT2D eigenvalue weighted by Crippen LogP contribution is -1.98. The number of anilines is 1. The van der Waals surface area contributed by atoms with Crippen LogP contribution in [-0.4, -0.2) is 19.6 Å². The van der Waals surface area contributed by atoms with Crippen LogP contribution in [0.3, 0.4) is 0 Å². The quantitative estimate of drug-likeness (QED) is 0.777. The Morgan fingerprint density at radius 2 is 1.95 bits per heavy atom. The standard InChI is InChI=1S/C14H14FN5/c1-19-7-6-11(17-19)13-12(14(16)20(2)18-13)9-4-3-5-10(15)8-9/h3-8H,16H2,1-2H3. The van der Waals surface area contributed by atoms with Crippen molar-refractivity contribution in [1.29, 1.82) is 0 Å². The highest BCUT2D eigenvalue weighted by Gasteiger charge is 2.19. The number of nitrogens with zero attached hydrogens (tertiary/aromatic N) is 4. The molecule has 5 nitrogen and oxygen atoms in total. The molecular weight excluding hydrogens is 257 g/mol. The number of nitrogens with two attached hydrogens (primary N) is 1. The van der Waals surface area contributed by atoms with Crippen LogP contribution in [0.4, 0.5) is 10.2 Å². The molecule has 0 atom stereocenters. The van der Waals surface area contributed by atoms with E-state index in [2.05, 4.69) is 10.2 Å². The molecule has 0 amide bonds. The SMILES string of the molecule is Cn1ccc(-c2nn(C)c(N)c2-c2cccc(F)c2)n1. The first-order valence-electron chi connectivity index (χ1n) is 6.14. The van der Waals surface area contributed by atoms with E-state index in [9.17, 15) is 4.39 Å². The van der Waals surface area contributed by atoms with Crippen LogP contribution in [0.15, 0.2) is 36.5 Å². The molecule has 0 saturated carbocycles. The van der Waals surface area contributed by atoms with Crippen LogP contribution in [0.1, 0.15) is 0 Å². The first-order valence-corrected chi connectivity index (χ1v) is 6.14. The normalized spacial score (nSPS) is 10.9. The highest BCUT2D eigenvalue weighted by Crippen LogP contribution is 2.35. The van der Waals surface area contributed by atoms with E-state index in [-0.39, 0.29) is 5.82 Å². The molecule has 3 aromatic rings. The van der Waals surface area contributed by atoms with Gasteiger partial charge in [-0.3, -0.25) is 9.36 Å². The monoisotopic (exact) mass is 271 g/mol. The van der Waals surface area contributed by atoms with Gasteiger partial charge in [0.15, 0.2) is 0 Å². The topological polar surface area (TPSA) is 61.7 Å². The molecule has 0 fully saturated rings. The zero-order chi connectivity index (χ0) is 14.3. The third-order valence-corrected chi connectivity index (χ3v) is 3.16. The molecule has 0 saturated heterocycles. The minimum atomic E-state index is -0.308. The molecular formula is C14H14FN5.